The number of aromatic amines is 1. The van der Waals surface area contributed by atoms with E-state index in [0.717, 1.165) is 66.0 Å². The fraction of sp³-hybridized carbons (Fsp3) is 0.400. The number of thiophene rings is 1. The lowest BCUT2D eigenvalue weighted by Crippen LogP contribution is -2.38. The minimum Gasteiger partial charge on any atom is -0.493 e. The first-order valence-electron chi connectivity index (χ1n) is 11.8. The van der Waals surface area contributed by atoms with Crippen molar-refractivity contribution >= 4 is 38.3 Å². The van der Waals surface area contributed by atoms with Gasteiger partial charge in [-0.15, -0.1) is 11.3 Å². The normalized spacial score (nSPS) is 15.4. The van der Waals surface area contributed by atoms with Gasteiger partial charge in [0.1, 0.15) is 34.5 Å². The quantitative estimate of drug-likeness (QED) is 0.333. The molecule has 1 saturated heterocycles. The fourth-order valence-electron chi connectivity index (χ4n) is 4.66. The third kappa shape index (κ3) is 5.39. The van der Waals surface area contributed by atoms with Crippen molar-refractivity contribution in [1.29, 1.82) is 5.26 Å². The summed E-state index contributed by atoms with van der Waals surface area (Å²) in [4.78, 5) is 14.7. The number of alkyl halides is 3. The molecule has 0 spiro atoms. The molecule has 0 bridgehead atoms. The molecule has 188 valence electrons. The summed E-state index contributed by atoms with van der Waals surface area (Å²) in [7, 11) is 0. The predicted octanol–water partition coefficient (Wildman–Crippen LogP) is 5.62. The van der Waals surface area contributed by atoms with Crippen LogP contribution in [0, 0.1) is 11.3 Å². The standard InChI is InChI=1S/C25H25F3N6OS/c1-2-35-22-10-21-15(8-18(12-29)32-21)7-16(22)13-34-5-3-17(4-6-34)33-23-20-9-19(11-25(26,27)28)36-24(20)31-14-30-23/h7-10,14,17,32H,2-6,11,13H2,1H3,(H,30,31,33). The number of anilines is 1. The molecule has 36 heavy (non-hydrogen) atoms. The van der Waals surface area contributed by atoms with Gasteiger partial charge >= 0.3 is 6.18 Å². The van der Waals surface area contributed by atoms with E-state index in [0.29, 0.717) is 28.3 Å². The zero-order valence-corrected chi connectivity index (χ0v) is 20.5. The van der Waals surface area contributed by atoms with Gasteiger partial charge in [-0.05, 0) is 38.0 Å². The topological polar surface area (TPSA) is 89.9 Å². The third-order valence-electron chi connectivity index (χ3n) is 6.30. The third-order valence-corrected chi connectivity index (χ3v) is 7.34. The predicted molar refractivity (Wildman–Crippen MR) is 133 cm³/mol. The van der Waals surface area contributed by atoms with Gasteiger partial charge in [-0.2, -0.15) is 18.4 Å². The number of nitrogens with one attached hydrogen (secondary N) is 2. The Balaban J connectivity index is 1.25. The molecule has 1 aromatic carbocycles. The lowest BCUT2D eigenvalue weighted by molar-refractivity contribution is -0.126. The molecule has 7 nitrogen and oxygen atoms in total. The summed E-state index contributed by atoms with van der Waals surface area (Å²) >= 11 is 1.06. The van der Waals surface area contributed by atoms with Crippen molar-refractivity contribution in [2.45, 2.75) is 44.9 Å². The van der Waals surface area contributed by atoms with Gasteiger partial charge in [-0.25, -0.2) is 9.97 Å². The Bertz CT molecular complexity index is 1420. The molecule has 0 atom stereocenters. The molecule has 0 unspecified atom stereocenters. The summed E-state index contributed by atoms with van der Waals surface area (Å²) in [5, 5.41) is 14.3. The van der Waals surface area contributed by atoms with Crippen LogP contribution < -0.4 is 10.1 Å². The Morgan fingerprint density at radius 2 is 2.03 bits per heavy atom. The van der Waals surface area contributed by atoms with Crippen LogP contribution in [-0.2, 0) is 13.0 Å². The van der Waals surface area contributed by atoms with E-state index in [4.69, 9.17) is 4.74 Å². The molecule has 0 aliphatic carbocycles. The van der Waals surface area contributed by atoms with Crippen LogP contribution in [0.1, 0.15) is 35.9 Å². The maximum absolute atomic E-state index is 12.8. The second-order valence-electron chi connectivity index (χ2n) is 8.92. The number of H-pyrrole nitrogens is 1. The van der Waals surface area contributed by atoms with Crippen molar-refractivity contribution < 1.29 is 17.9 Å². The number of aromatic nitrogens is 3. The minimum atomic E-state index is -4.25. The molecule has 1 aliphatic heterocycles. The Labute approximate surface area is 209 Å². The number of ether oxygens (including phenoxy) is 1. The molecule has 11 heteroatoms. The van der Waals surface area contributed by atoms with Crippen LogP contribution in [0.25, 0.3) is 21.1 Å². The number of likely N-dealkylation sites (tertiary alicyclic amines) is 1. The highest BCUT2D eigenvalue weighted by Crippen LogP contribution is 2.33. The van der Waals surface area contributed by atoms with Crippen molar-refractivity contribution in [1.82, 2.24) is 19.9 Å². The lowest BCUT2D eigenvalue weighted by Gasteiger charge is -2.33. The first-order chi connectivity index (χ1) is 17.3. The maximum Gasteiger partial charge on any atom is 0.393 e. The number of piperidine rings is 1. The molecule has 0 amide bonds. The molecule has 0 radical (unpaired) electrons. The number of benzene rings is 1. The van der Waals surface area contributed by atoms with Gasteiger partial charge in [0.15, 0.2) is 0 Å². The molecule has 0 saturated carbocycles. The highest BCUT2D eigenvalue weighted by Gasteiger charge is 2.29. The van der Waals surface area contributed by atoms with Gasteiger partial charge in [0, 0.05) is 47.6 Å². The van der Waals surface area contributed by atoms with Crippen molar-refractivity contribution in [3.63, 3.8) is 0 Å². The van der Waals surface area contributed by atoms with E-state index >= 15 is 0 Å². The highest BCUT2D eigenvalue weighted by molar-refractivity contribution is 7.18. The van der Waals surface area contributed by atoms with Gasteiger partial charge in [0.25, 0.3) is 0 Å². The molecule has 1 aliphatic rings. The Kier molecular flexibility index (Phi) is 6.73. The first-order valence-corrected chi connectivity index (χ1v) is 12.6. The van der Waals surface area contributed by atoms with Crippen molar-refractivity contribution in [3.8, 4) is 11.8 Å². The molecule has 3 aromatic heterocycles. The zero-order valence-electron chi connectivity index (χ0n) is 19.7. The molecule has 2 N–H and O–H groups in total. The maximum atomic E-state index is 12.8. The number of hydrogen-bond acceptors (Lipinski definition) is 7. The number of hydrogen-bond donors (Lipinski definition) is 2. The molecule has 4 aromatic rings. The van der Waals surface area contributed by atoms with Crippen LogP contribution in [0.2, 0.25) is 0 Å². The highest BCUT2D eigenvalue weighted by atomic mass is 32.1. The summed E-state index contributed by atoms with van der Waals surface area (Å²) in [5.74, 6) is 1.40. The Morgan fingerprint density at radius 3 is 2.75 bits per heavy atom. The van der Waals surface area contributed by atoms with Crippen molar-refractivity contribution in [2.24, 2.45) is 0 Å². The summed E-state index contributed by atoms with van der Waals surface area (Å²) in [6.45, 7) is 4.94. The summed E-state index contributed by atoms with van der Waals surface area (Å²) < 4.78 is 44.4. The lowest BCUT2D eigenvalue weighted by atomic mass is 10.0. The van der Waals surface area contributed by atoms with Crippen LogP contribution in [-0.4, -0.2) is 51.8 Å². The monoisotopic (exact) mass is 514 g/mol. The Morgan fingerprint density at radius 1 is 1.22 bits per heavy atom. The number of rotatable bonds is 7. The fourth-order valence-corrected chi connectivity index (χ4v) is 5.68. The van der Waals surface area contributed by atoms with Gasteiger partial charge in [0.2, 0.25) is 0 Å². The molecule has 5 rings (SSSR count). The SMILES string of the molecule is CCOc1cc2[nH]c(C#N)cc2cc1CN1CCC(Nc2ncnc3sc(CC(F)(F)F)cc23)CC1. The van der Waals surface area contributed by atoms with Crippen LogP contribution in [0.5, 0.6) is 5.75 Å². The van der Waals surface area contributed by atoms with Gasteiger partial charge in [-0.3, -0.25) is 4.90 Å². The van der Waals surface area contributed by atoms with Crippen LogP contribution >= 0.6 is 11.3 Å². The van der Waals surface area contributed by atoms with E-state index in [-0.39, 0.29) is 10.9 Å². The van der Waals surface area contributed by atoms with E-state index < -0.39 is 12.6 Å². The van der Waals surface area contributed by atoms with Crippen LogP contribution in [0.3, 0.4) is 0 Å². The van der Waals surface area contributed by atoms with Gasteiger partial charge in [0.05, 0.1) is 23.9 Å². The van der Waals surface area contributed by atoms with Gasteiger partial charge < -0.3 is 15.0 Å². The summed E-state index contributed by atoms with van der Waals surface area (Å²) in [5.41, 5.74) is 2.48. The minimum absolute atomic E-state index is 0.169. The van der Waals surface area contributed by atoms with Crippen LogP contribution in [0.15, 0.2) is 30.6 Å². The second kappa shape index (κ2) is 9.95. The molecule has 4 heterocycles. The average Bonchev–Trinajstić information content (AvgIpc) is 3.43. The zero-order chi connectivity index (χ0) is 25.3. The van der Waals surface area contributed by atoms with E-state index in [1.54, 1.807) is 6.07 Å². The van der Waals surface area contributed by atoms with Crippen LogP contribution in [0.4, 0.5) is 19.0 Å². The Hall–Kier alpha value is -3.36. The number of fused-ring (bicyclic) bond motifs is 2. The van der Waals surface area contributed by atoms with Crippen molar-refractivity contribution in [3.05, 3.63) is 46.7 Å². The number of nitriles is 1. The largest absolute Gasteiger partial charge is 0.493 e. The first kappa shape index (κ1) is 24.3. The number of nitrogens with zero attached hydrogens (tertiary/aromatic N) is 4. The van der Waals surface area contributed by atoms with E-state index in [1.165, 1.54) is 6.33 Å². The number of halogens is 3. The van der Waals surface area contributed by atoms with Gasteiger partial charge in [-0.1, -0.05) is 0 Å². The molecular formula is C25H25F3N6OS. The van der Waals surface area contributed by atoms with E-state index in [9.17, 15) is 18.4 Å². The van der Waals surface area contributed by atoms with Crippen molar-refractivity contribution in [2.75, 3.05) is 25.0 Å². The second-order valence-corrected chi connectivity index (χ2v) is 10.0. The summed E-state index contributed by atoms with van der Waals surface area (Å²) in [6.07, 6.45) is -2.06. The van der Waals surface area contributed by atoms with E-state index in [2.05, 4.69) is 37.3 Å². The molecule has 1 fully saturated rings. The summed E-state index contributed by atoms with van der Waals surface area (Å²) in [6, 6.07) is 9.74. The molecular weight excluding hydrogens is 489 g/mol. The average molecular weight is 515 g/mol. The van der Waals surface area contributed by atoms with E-state index in [1.807, 2.05) is 19.1 Å². The smallest absolute Gasteiger partial charge is 0.393 e.